The Balaban J connectivity index is 1.91. The first-order chi connectivity index (χ1) is 6.83. The molecule has 0 N–H and O–H groups in total. The summed E-state index contributed by atoms with van der Waals surface area (Å²) < 4.78 is 4.93. The van der Waals surface area contributed by atoms with Crippen molar-refractivity contribution in [3.63, 3.8) is 0 Å². The van der Waals surface area contributed by atoms with E-state index in [1.807, 2.05) is 0 Å². The summed E-state index contributed by atoms with van der Waals surface area (Å²) in [6, 6.07) is 0.243. The molecule has 0 aromatic carbocycles. The molecule has 0 radical (unpaired) electrons. The van der Waals surface area contributed by atoms with E-state index in [2.05, 4.69) is 6.58 Å². The van der Waals surface area contributed by atoms with Gasteiger partial charge in [0.15, 0.2) is 0 Å². The Hall–Kier alpha value is -1.03. The van der Waals surface area contributed by atoms with Gasteiger partial charge in [-0.3, -0.25) is 4.84 Å². The second kappa shape index (κ2) is 4.00. The van der Waals surface area contributed by atoms with E-state index in [1.165, 1.54) is 11.5 Å². The Morgan fingerprint density at radius 1 is 1.64 bits per heavy atom. The van der Waals surface area contributed by atoms with Gasteiger partial charge in [-0.05, 0) is 12.8 Å². The predicted molar refractivity (Wildman–Crippen MR) is 50.5 cm³/mol. The standard InChI is InChI=1S/C10H15NO3/c1-2-6-13-10(12)11-9-5-3-4-8(9)7-14-11/h2,8-9H,1,3-7H2/t8-,9-/m0/s1. The van der Waals surface area contributed by atoms with Gasteiger partial charge in [-0.2, -0.15) is 5.06 Å². The van der Waals surface area contributed by atoms with Crippen LogP contribution in [0.15, 0.2) is 12.7 Å². The van der Waals surface area contributed by atoms with Gasteiger partial charge in [0.2, 0.25) is 0 Å². The van der Waals surface area contributed by atoms with Gasteiger partial charge < -0.3 is 4.74 Å². The number of rotatable bonds is 2. The zero-order valence-corrected chi connectivity index (χ0v) is 8.15. The van der Waals surface area contributed by atoms with Crippen LogP contribution in [0.2, 0.25) is 0 Å². The molecule has 0 aromatic heterocycles. The molecule has 78 valence electrons. The van der Waals surface area contributed by atoms with Crippen LogP contribution >= 0.6 is 0 Å². The van der Waals surface area contributed by atoms with Gasteiger partial charge in [0.05, 0.1) is 12.6 Å². The summed E-state index contributed by atoms with van der Waals surface area (Å²) in [5, 5.41) is 1.40. The van der Waals surface area contributed by atoms with Crippen molar-refractivity contribution < 1.29 is 14.4 Å². The summed E-state index contributed by atoms with van der Waals surface area (Å²) >= 11 is 0. The molecule has 1 saturated carbocycles. The number of carbonyl (C=O) groups excluding carboxylic acids is 1. The number of fused-ring (bicyclic) bond motifs is 1. The third kappa shape index (κ3) is 1.62. The van der Waals surface area contributed by atoms with E-state index < -0.39 is 0 Å². The molecule has 1 amide bonds. The van der Waals surface area contributed by atoms with Crippen LogP contribution in [0, 0.1) is 5.92 Å². The van der Waals surface area contributed by atoms with Crippen LogP contribution < -0.4 is 0 Å². The largest absolute Gasteiger partial charge is 0.444 e. The first kappa shape index (κ1) is 9.52. The van der Waals surface area contributed by atoms with Crippen LogP contribution in [0.1, 0.15) is 19.3 Å². The summed E-state index contributed by atoms with van der Waals surface area (Å²) in [6.45, 7) is 4.40. The van der Waals surface area contributed by atoms with Gasteiger partial charge >= 0.3 is 6.09 Å². The minimum atomic E-state index is -0.376. The highest BCUT2D eigenvalue weighted by atomic mass is 16.7. The second-order valence-corrected chi connectivity index (χ2v) is 3.75. The smallest absolute Gasteiger partial charge is 0.434 e. The number of hydrogen-bond donors (Lipinski definition) is 0. The van der Waals surface area contributed by atoms with Crippen LogP contribution in [-0.2, 0) is 9.57 Å². The molecule has 0 spiro atoms. The number of hydrogen-bond acceptors (Lipinski definition) is 3. The topological polar surface area (TPSA) is 38.8 Å². The van der Waals surface area contributed by atoms with Crippen molar-refractivity contribution in [2.75, 3.05) is 13.2 Å². The zero-order valence-electron chi connectivity index (χ0n) is 8.15. The molecule has 0 bridgehead atoms. The fourth-order valence-corrected chi connectivity index (χ4v) is 2.17. The first-order valence-corrected chi connectivity index (χ1v) is 5.02. The van der Waals surface area contributed by atoms with Gasteiger partial charge in [0.1, 0.15) is 6.61 Å². The third-order valence-corrected chi connectivity index (χ3v) is 2.85. The van der Waals surface area contributed by atoms with E-state index in [0.717, 1.165) is 12.8 Å². The third-order valence-electron chi connectivity index (χ3n) is 2.85. The lowest BCUT2D eigenvalue weighted by atomic mass is 10.1. The molecule has 2 atom stereocenters. The van der Waals surface area contributed by atoms with E-state index in [0.29, 0.717) is 12.5 Å². The maximum absolute atomic E-state index is 11.5. The molecule has 0 unspecified atom stereocenters. The number of carbonyl (C=O) groups is 1. The molecule has 4 nitrogen and oxygen atoms in total. The summed E-state index contributed by atoms with van der Waals surface area (Å²) in [5.74, 6) is 0.520. The fraction of sp³-hybridized carbons (Fsp3) is 0.700. The number of amides is 1. The predicted octanol–water partition coefficient (Wildman–Crippen LogP) is 1.72. The van der Waals surface area contributed by atoms with Gasteiger partial charge in [0, 0.05) is 5.92 Å². The summed E-state index contributed by atoms with van der Waals surface area (Å²) in [4.78, 5) is 16.8. The SMILES string of the molecule is C=CCOC(=O)N1OC[C@@H]2CCC[C@@H]21. The van der Waals surface area contributed by atoms with Crippen LogP contribution in [-0.4, -0.2) is 30.4 Å². The van der Waals surface area contributed by atoms with Crippen LogP contribution in [0.3, 0.4) is 0 Å². The van der Waals surface area contributed by atoms with E-state index in [1.54, 1.807) is 6.08 Å². The molecule has 1 heterocycles. The highest BCUT2D eigenvalue weighted by Gasteiger charge is 2.42. The van der Waals surface area contributed by atoms with Crippen molar-refractivity contribution in [2.45, 2.75) is 25.3 Å². The Morgan fingerprint density at radius 3 is 3.29 bits per heavy atom. The van der Waals surface area contributed by atoms with E-state index in [4.69, 9.17) is 9.57 Å². The molecule has 1 saturated heterocycles. The van der Waals surface area contributed by atoms with Crippen molar-refractivity contribution >= 4 is 6.09 Å². The molecule has 2 rings (SSSR count). The van der Waals surface area contributed by atoms with Crippen molar-refractivity contribution in [1.29, 1.82) is 0 Å². The Bertz CT molecular complexity index is 242. The number of nitrogens with zero attached hydrogens (tertiary/aromatic N) is 1. The molecule has 1 aliphatic heterocycles. The van der Waals surface area contributed by atoms with Crippen molar-refractivity contribution in [2.24, 2.45) is 5.92 Å². The molecule has 2 aliphatic rings. The maximum atomic E-state index is 11.5. The lowest BCUT2D eigenvalue weighted by molar-refractivity contribution is -0.110. The molecule has 2 fully saturated rings. The lowest BCUT2D eigenvalue weighted by Crippen LogP contribution is -2.35. The van der Waals surface area contributed by atoms with Gasteiger partial charge in [-0.1, -0.05) is 19.1 Å². The lowest BCUT2D eigenvalue weighted by Gasteiger charge is -2.20. The molecular formula is C10H15NO3. The maximum Gasteiger partial charge on any atom is 0.434 e. The van der Waals surface area contributed by atoms with Crippen molar-refractivity contribution in [3.8, 4) is 0 Å². The van der Waals surface area contributed by atoms with Crippen LogP contribution in [0.5, 0.6) is 0 Å². The van der Waals surface area contributed by atoms with Gasteiger partial charge in [-0.25, -0.2) is 4.79 Å². The highest BCUT2D eigenvalue weighted by molar-refractivity contribution is 5.67. The first-order valence-electron chi connectivity index (χ1n) is 5.02. The van der Waals surface area contributed by atoms with Crippen LogP contribution in [0.4, 0.5) is 4.79 Å². The number of hydroxylamine groups is 2. The van der Waals surface area contributed by atoms with Gasteiger partial charge in [0.25, 0.3) is 0 Å². The van der Waals surface area contributed by atoms with Crippen molar-refractivity contribution in [3.05, 3.63) is 12.7 Å². The van der Waals surface area contributed by atoms with Crippen LogP contribution in [0.25, 0.3) is 0 Å². The minimum absolute atomic E-state index is 0.243. The van der Waals surface area contributed by atoms with Gasteiger partial charge in [-0.15, -0.1) is 0 Å². The fourth-order valence-electron chi connectivity index (χ4n) is 2.17. The molecule has 0 aromatic rings. The zero-order chi connectivity index (χ0) is 9.97. The molecule has 1 aliphatic carbocycles. The summed E-state index contributed by atoms with van der Waals surface area (Å²) in [7, 11) is 0. The quantitative estimate of drug-likeness (QED) is 0.633. The van der Waals surface area contributed by atoms with E-state index >= 15 is 0 Å². The van der Waals surface area contributed by atoms with Crippen molar-refractivity contribution in [1.82, 2.24) is 5.06 Å². The monoisotopic (exact) mass is 197 g/mol. The second-order valence-electron chi connectivity index (χ2n) is 3.75. The molecular weight excluding hydrogens is 182 g/mol. The summed E-state index contributed by atoms with van der Waals surface area (Å²) in [6.07, 6.45) is 4.56. The summed E-state index contributed by atoms with van der Waals surface area (Å²) in [5.41, 5.74) is 0. The molecule has 4 heteroatoms. The van der Waals surface area contributed by atoms with E-state index in [-0.39, 0.29) is 18.7 Å². The Labute approximate surface area is 83.4 Å². The molecule has 14 heavy (non-hydrogen) atoms. The average molecular weight is 197 g/mol. The Morgan fingerprint density at radius 2 is 2.50 bits per heavy atom. The average Bonchev–Trinajstić information content (AvgIpc) is 2.74. The normalized spacial score (nSPS) is 30.1. The Kier molecular flexibility index (Phi) is 2.72. The van der Waals surface area contributed by atoms with E-state index in [9.17, 15) is 4.79 Å². The minimum Gasteiger partial charge on any atom is -0.444 e. The highest BCUT2D eigenvalue weighted by Crippen LogP contribution is 2.35. The number of ether oxygens (including phenoxy) is 1.